The average molecular weight is 252 g/mol. The molecule has 0 aromatic rings. The third-order valence-electron chi connectivity index (χ3n) is 4.94. The molecule has 0 spiro atoms. The highest BCUT2D eigenvalue weighted by molar-refractivity contribution is 5.79. The van der Waals surface area contributed by atoms with Crippen molar-refractivity contribution < 1.29 is 19.4 Å². The van der Waals surface area contributed by atoms with Crippen LogP contribution in [0.5, 0.6) is 0 Å². The zero-order valence-electron chi connectivity index (χ0n) is 10.5. The van der Waals surface area contributed by atoms with Crippen LogP contribution >= 0.6 is 0 Å². The van der Waals surface area contributed by atoms with Gasteiger partial charge in [-0.25, -0.2) is 0 Å². The second-order valence-corrected chi connectivity index (χ2v) is 6.03. The molecular weight excluding hydrogens is 232 g/mol. The van der Waals surface area contributed by atoms with Gasteiger partial charge in [0.25, 0.3) is 0 Å². The molecule has 100 valence electrons. The largest absolute Gasteiger partial charge is 0.481 e. The molecule has 0 aromatic carbocycles. The molecule has 4 atom stereocenters. The Morgan fingerprint density at radius 1 is 1.22 bits per heavy atom. The summed E-state index contributed by atoms with van der Waals surface area (Å²) < 4.78 is 5.70. The first-order valence-corrected chi connectivity index (χ1v) is 7.04. The van der Waals surface area contributed by atoms with Crippen LogP contribution in [-0.2, 0) is 14.3 Å². The minimum absolute atomic E-state index is 0.254. The molecule has 1 aliphatic heterocycles. The van der Waals surface area contributed by atoms with E-state index in [0.29, 0.717) is 42.7 Å². The van der Waals surface area contributed by atoms with Crippen LogP contribution in [0, 0.1) is 17.8 Å². The number of ketones is 1. The van der Waals surface area contributed by atoms with Crippen molar-refractivity contribution >= 4 is 11.8 Å². The molecule has 3 aliphatic rings. The fraction of sp³-hybridized carbons (Fsp3) is 0.857. The first-order chi connectivity index (χ1) is 8.65. The van der Waals surface area contributed by atoms with Crippen LogP contribution in [0.15, 0.2) is 0 Å². The van der Waals surface area contributed by atoms with Crippen LogP contribution in [0.25, 0.3) is 0 Å². The Kier molecular flexibility index (Phi) is 3.14. The molecule has 1 heterocycles. The molecule has 4 nitrogen and oxygen atoms in total. The average Bonchev–Trinajstić information content (AvgIpc) is 3.09. The minimum atomic E-state index is -0.698. The third-order valence-corrected chi connectivity index (χ3v) is 4.94. The van der Waals surface area contributed by atoms with Crippen LogP contribution in [-0.4, -0.2) is 29.1 Å². The lowest BCUT2D eigenvalue weighted by Gasteiger charge is -2.36. The molecule has 0 amide bonds. The second-order valence-electron chi connectivity index (χ2n) is 6.03. The molecule has 18 heavy (non-hydrogen) atoms. The van der Waals surface area contributed by atoms with Gasteiger partial charge < -0.3 is 9.84 Å². The molecule has 1 N–H and O–H groups in total. The molecular formula is C14H20O4. The van der Waals surface area contributed by atoms with Crippen molar-refractivity contribution in [3.05, 3.63) is 0 Å². The van der Waals surface area contributed by atoms with Crippen molar-refractivity contribution in [2.45, 2.75) is 57.2 Å². The highest BCUT2D eigenvalue weighted by Gasteiger charge is 2.54. The lowest BCUT2D eigenvalue weighted by Crippen LogP contribution is -2.36. The molecule has 1 saturated heterocycles. The zero-order chi connectivity index (χ0) is 12.7. The van der Waals surface area contributed by atoms with Gasteiger partial charge in [-0.15, -0.1) is 0 Å². The van der Waals surface area contributed by atoms with E-state index < -0.39 is 5.97 Å². The Bertz CT molecular complexity index is 355. The van der Waals surface area contributed by atoms with Crippen LogP contribution in [0.3, 0.4) is 0 Å². The van der Waals surface area contributed by atoms with Gasteiger partial charge >= 0.3 is 5.97 Å². The molecule has 3 fully saturated rings. The molecule has 0 radical (unpaired) electrons. The predicted molar refractivity (Wildman–Crippen MR) is 64.1 cm³/mol. The quantitative estimate of drug-likeness (QED) is 0.780. The van der Waals surface area contributed by atoms with E-state index in [-0.39, 0.29) is 12.3 Å². The zero-order valence-corrected chi connectivity index (χ0v) is 10.5. The fourth-order valence-electron chi connectivity index (χ4n) is 4.03. The number of ether oxygens (including phenoxy) is 1. The highest BCUT2D eigenvalue weighted by atomic mass is 16.6. The van der Waals surface area contributed by atoms with Crippen LogP contribution < -0.4 is 0 Å². The van der Waals surface area contributed by atoms with E-state index in [1.54, 1.807) is 0 Å². The number of carboxylic acids is 1. The lowest BCUT2D eigenvalue weighted by atomic mass is 9.67. The van der Waals surface area contributed by atoms with Gasteiger partial charge in [0.2, 0.25) is 0 Å². The number of rotatable bonds is 3. The summed E-state index contributed by atoms with van der Waals surface area (Å²) in [5.74, 6) is 0.806. The maximum atomic E-state index is 11.3. The van der Waals surface area contributed by atoms with Crippen LogP contribution in [0.2, 0.25) is 0 Å². The summed E-state index contributed by atoms with van der Waals surface area (Å²) in [7, 11) is 0. The van der Waals surface area contributed by atoms with Crippen molar-refractivity contribution in [2.24, 2.45) is 17.8 Å². The predicted octanol–water partition coefficient (Wildman–Crippen LogP) is 2.01. The Hall–Kier alpha value is -0.900. The van der Waals surface area contributed by atoms with Gasteiger partial charge in [-0.1, -0.05) is 0 Å². The van der Waals surface area contributed by atoms with Gasteiger partial charge in [-0.3, -0.25) is 9.59 Å². The Labute approximate surface area is 107 Å². The van der Waals surface area contributed by atoms with E-state index in [2.05, 4.69) is 0 Å². The van der Waals surface area contributed by atoms with Gasteiger partial charge in [0.1, 0.15) is 5.78 Å². The van der Waals surface area contributed by atoms with Crippen molar-refractivity contribution in [1.29, 1.82) is 0 Å². The number of hydrogen-bond acceptors (Lipinski definition) is 3. The smallest absolute Gasteiger partial charge is 0.303 e. The van der Waals surface area contributed by atoms with Crippen molar-refractivity contribution in [3.63, 3.8) is 0 Å². The van der Waals surface area contributed by atoms with Crippen LogP contribution in [0.4, 0.5) is 0 Å². The molecule has 2 aliphatic carbocycles. The molecule has 4 heteroatoms. The van der Waals surface area contributed by atoms with Crippen LogP contribution in [0.1, 0.15) is 44.9 Å². The van der Waals surface area contributed by atoms with E-state index >= 15 is 0 Å². The van der Waals surface area contributed by atoms with Gasteiger partial charge in [-0.05, 0) is 43.4 Å². The Morgan fingerprint density at radius 2 is 1.94 bits per heavy atom. The number of epoxide rings is 1. The number of Topliss-reactive ketones (excluding diaryl/α,β-unsaturated/α-hetero) is 1. The van der Waals surface area contributed by atoms with E-state index in [1.807, 2.05) is 0 Å². The summed E-state index contributed by atoms with van der Waals surface area (Å²) in [6, 6.07) is 0. The summed E-state index contributed by atoms with van der Waals surface area (Å²) in [6.07, 6.45) is 6.17. The van der Waals surface area contributed by atoms with Crippen molar-refractivity contribution in [3.8, 4) is 0 Å². The third kappa shape index (κ3) is 2.30. The number of carbonyl (C=O) groups is 2. The minimum Gasteiger partial charge on any atom is -0.481 e. The Balaban J connectivity index is 1.69. The van der Waals surface area contributed by atoms with Crippen molar-refractivity contribution in [2.75, 3.05) is 0 Å². The van der Waals surface area contributed by atoms with Gasteiger partial charge in [0.15, 0.2) is 0 Å². The maximum absolute atomic E-state index is 11.3. The first kappa shape index (κ1) is 12.2. The second kappa shape index (κ2) is 4.65. The van der Waals surface area contributed by atoms with E-state index in [1.165, 1.54) is 0 Å². The Morgan fingerprint density at radius 3 is 2.61 bits per heavy atom. The first-order valence-electron chi connectivity index (χ1n) is 7.04. The summed E-state index contributed by atoms with van der Waals surface area (Å²) in [4.78, 5) is 22.3. The van der Waals surface area contributed by atoms with E-state index in [4.69, 9.17) is 9.84 Å². The van der Waals surface area contributed by atoms with E-state index in [9.17, 15) is 9.59 Å². The normalized spacial score (nSPS) is 40.3. The SMILES string of the molecule is O=C(O)CC1CCC2OC2C1C1CCC(=O)CC1. The van der Waals surface area contributed by atoms with Gasteiger partial charge in [0, 0.05) is 19.3 Å². The van der Waals surface area contributed by atoms with E-state index in [0.717, 1.165) is 25.7 Å². The molecule has 2 saturated carbocycles. The topological polar surface area (TPSA) is 66.9 Å². The van der Waals surface area contributed by atoms with Gasteiger partial charge in [-0.2, -0.15) is 0 Å². The summed E-state index contributed by atoms with van der Waals surface area (Å²) in [5, 5.41) is 9.03. The molecule has 0 aromatic heterocycles. The molecule has 3 rings (SSSR count). The standard InChI is InChI=1S/C14H20O4/c15-10-4-1-8(2-5-10)13-9(7-12(16)17)3-6-11-14(13)18-11/h8-9,11,13-14H,1-7H2,(H,16,17). The summed E-state index contributed by atoms with van der Waals surface area (Å²) >= 11 is 0. The number of aliphatic carboxylic acids is 1. The number of hydrogen-bond donors (Lipinski definition) is 1. The molecule has 4 unspecified atom stereocenters. The van der Waals surface area contributed by atoms with Gasteiger partial charge in [0.05, 0.1) is 12.2 Å². The molecule has 0 bridgehead atoms. The fourth-order valence-corrected chi connectivity index (χ4v) is 4.03. The summed E-state index contributed by atoms with van der Waals surface area (Å²) in [6.45, 7) is 0. The summed E-state index contributed by atoms with van der Waals surface area (Å²) in [5.41, 5.74) is 0. The lowest BCUT2D eigenvalue weighted by molar-refractivity contribution is -0.139. The van der Waals surface area contributed by atoms with Crippen molar-refractivity contribution in [1.82, 2.24) is 0 Å². The highest BCUT2D eigenvalue weighted by Crippen LogP contribution is 2.50. The maximum Gasteiger partial charge on any atom is 0.303 e. The number of fused-ring (bicyclic) bond motifs is 1. The monoisotopic (exact) mass is 252 g/mol. The number of carboxylic acid groups (broad SMARTS) is 1. The number of carbonyl (C=O) groups excluding carboxylic acids is 1.